The summed E-state index contributed by atoms with van der Waals surface area (Å²) >= 11 is 11.8. The maximum atomic E-state index is 14.1. The van der Waals surface area contributed by atoms with E-state index in [0.29, 0.717) is 29.1 Å². The maximum absolute atomic E-state index is 14.1. The van der Waals surface area contributed by atoms with Crippen molar-refractivity contribution < 1.29 is 13.2 Å². The molecule has 0 fully saturated rings. The van der Waals surface area contributed by atoms with Crippen LogP contribution in [-0.4, -0.2) is 14.5 Å². The quantitative estimate of drug-likeness (QED) is 0.606. The van der Waals surface area contributed by atoms with Gasteiger partial charge in [-0.25, -0.2) is 23.1 Å². The third-order valence-corrected chi connectivity index (χ3v) is 3.69. The number of nitrogens with zero attached hydrogens (tertiary/aromatic N) is 3. The van der Waals surface area contributed by atoms with Crippen molar-refractivity contribution in [1.82, 2.24) is 14.5 Å². The Kier molecular flexibility index (Phi) is 4.04. The van der Waals surface area contributed by atoms with Crippen LogP contribution in [0.15, 0.2) is 30.5 Å². The van der Waals surface area contributed by atoms with Crippen molar-refractivity contribution >= 4 is 23.2 Å². The van der Waals surface area contributed by atoms with Gasteiger partial charge in [0.1, 0.15) is 16.7 Å². The van der Waals surface area contributed by atoms with Gasteiger partial charge < -0.3 is 0 Å². The van der Waals surface area contributed by atoms with E-state index in [-0.39, 0.29) is 10.4 Å². The highest BCUT2D eigenvalue weighted by molar-refractivity contribution is 6.29. The van der Waals surface area contributed by atoms with Crippen molar-refractivity contribution in [2.45, 2.75) is 6.92 Å². The molecule has 0 radical (unpaired) electrons. The normalized spacial score (nSPS) is 11.0. The van der Waals surface area contributed by atoms with Crippen molar-refractivity contribution in [3.63, 3.8) is 0 Å². The molecule has 0 N–H and O–H groups in total. The Morgan fingerprint density at radius 3 is 2.26 bits per heavy atom. The Balaban J connectivity index is 2.32. The molecule has 3 nitrogen and oxygen atoms in total. The van der Waals surface area contributed by atoms with Gasteiger partial charge in [0.2, 0.25) is 5.28 Å². The highest BCUT2D eigenvalue weighted by Gasteiger charge is 2.22. The maximum Gasteiger partial charge on any atom is 0.208 e. The second-order valence-electron chi connectivity index (χ2n) is 4.74. The van der Waals surface area contributed by atoms with Crippen LogP contribution in [0.4, 0.5) is 13.2 Å². The average molecular weight is 358 g/mol. The first kappa shape index (κ1) is 15.8. The minimum atomic E-state index is -1.09. The molecule has 0 aliphatic rings. The molecule has 23 heavy (non-hydrogen) atoms. The van der Waals surface area contributed by atoms with Gasteiger partial charge in [0, 0.05) is 23.9 Å². The molecule has 0 unspecified atom stereocenters. The summed E-state index contributed by atoms with van der Waals surface area (Å²) in [5.74, 6) is -3.21. The first-order chi connectivity index (χ1) is 10.9. The van der Waals surface area contributed by atoms with Crippen LogP contribution in [0, 0.1) is 24.4 Å². The molecule has 2 aromatic heterocycles. The SMILES string of the molecule is Cc1nc(Cl)n(-c2c(F)cc(F)cc2F)c1-c1ccc(Cl)nc1. The standard InChI is InChI=1S/C15H8Cl2F3N3/c1-7-13(8-2-3-12(16)21-6-8)23(15(17)22-7)14-10(19)4-9(18)5-11(14)20/h2-6H,1H3. The second-order valence-corrected chi connectivity index (χ2v) is 5.46. The summed E-state index contributed by atoms with van der Waals surface area (Å²) in [4.78, 5) is 7.96. The molecule has 0 saturated carbocycles. The van der Waals surface area contributed by atoms with Gasteiger partial charge in [-0.1, -0.05) is 11.6 Å². The smallest absolute Gasteiger partial charge is 0.208 e. The molecule has 8 heteroatoms. The fourth-order valence-electron chi connectivity index (χ4n) is 2.30. The third kappa shape index (κ3) is 2.80. The highest BCUT2D eigenvalue weighted by Crippen LogP contribution is 2.33. The summed E-state index contributed by atoms with van der Waals surface area (Å²) in [6.07, 6.45) is 1.43. The summed E-state index contributed by atoms with van der Waals surface area (Å²) in [6.45, 7) is 1.63. The summed E-state index contributed by atoms with van der Waals surface area (Å²) in [7, 11) is 0. The van der Waals surface area contributed by atoms with Crippen LogP contribution >= 0.6 is 23.2 Å². The second kappa shape index (κ2) is 5.86. The van der Waals surface area contributed by atoms with E-state index in [1.54, 1.807) is 13.0 Å². The van der Waals surface area contributed by atoms with Crippen LogP contribution < -0.4 is 0 Å². The largest absolute Gasteiger partial charge is 0.277 e. The predicted molar refractivity (Wildman–Crippen MR) is 81.4 cm³/mol. The van der Waals surface area contributed by atoms with Crippen LogP contribution in [-0.2, 0) is 0 Å². The lowest BCUT2D eigenvalue weighted by atomic mass is 10.1. The number of pyridine rings is 1. The molecule has 0 aliphatic heterocycles. The van der Waals surface area contributed by atoms with E-state index in [1.807, 2.05) is 0 Å². The van der Waals surface area contributed by atoms with E-state index < -0.39 is 23.1 Å². The summed E-state index contributed by atoms with van der Waals surface area (Å²) in [6, 6.07) is 4.30. The fraction of sp³-hybridized carbons (Fsp3) is 0.0667. The molecular formula is C15H8Cl2F3N3. The van der Waals surface area contributed by atoms with E-state index in [0.717, 1.165) is 4.57 Å². The number of imidazole rings is 1. The van der Waals surface area contributed by atoms with Crippen molar-refractivity contribution in [2.24, 2.45) is 0 Å². The number of aromatic nitrogens is 3. The first-order valence-corrected chi connectivity index (χ1v) is 7.15. The zero-order chi connectivity index (χ0) is 16.7. The van der Waals surface area contributed by atoms with Crippen LogP contribution in [0.1, 0.15) is 5.69 Å². The average Bonchev–Trinajstić information content (AvgIpc) is 2.74. The Bertz CT molecular complexity index is 869. The van der Waals surface area contributed by atoms with Gasteiger partial charge >= 0.3 is 0 Å². The minimum Gasteiger partial charge on any atom is -0.277 e. The van der Waals surface area contributed by atoms with Gasteiger partial charge in [-0.15, -0.1) is 0 Å². The predicted octanol–water partition coefficient (Wildman–Crippen LogP) is 4.97. The summed E-state index contributed by atoms with van der Waals surface area (Å²) in [5, 5.41) is 0.111. The van der Waals surface area contributed by atoms with E-state index in [9.17, 15) is 13.2 Å². The summed E-state index contributed by atoms with van der Waals surface area (Å²) in [5.41, 5.74) is 0.766. The topological polar surface area (TPSA) is 30.7 Å². The molecule has 0 amide bonds. The molecule has 2 heterocycles. The van der Waals surface area contributed by atoms with Crippen molar-refractivity contribution in [1.29, 1.82) is 0 Å². The number of halogens is 5. The minimum absolute atomic E-state index is 0.156. The van der Waals surface area contributed by atoms with E-state index in [4.69, 9.17) is 23.2 Å². The van der Waals surface area contributed by atoms with Gasteiger partial charge in [0.25, 0.3) is 0 Å². The Hall–Kier alpha value is -2.05. The van der Waals surface area contributed by atoms with Crippen molar-refractivity contribution in [3.05, 3.63) is 64.0 Å². The number of hydrogen-bond donors (Lipinski definition) is 0. The Morgan fingerprint density at radius 2 is 1.70 bits per heavy atom. The molecule has 118 valence electrons. The lowest BCUT2D eigenvalue weighted by Crippen LogP contribution is -2.05. The van der Waals surface area contributed by atoms with Crippen LogP contribution in [0.3, 0.4) is 0 Å². The van der Waals surface area contributed by atoms with Crippen LogP contribution in [0.2, 0.25) is 10.4 Å². The molecule has 3 aromatic rings. The van der Waals surface area contributed by atoms with E-state index in [1.165, 1.54) is 12.3 Å². The van der Waals surface area contributed by atoms with Crippen LogP contribution in [0.25, 0.3) is 16.9 Å². The number of aryl methyl sites for hydroxylation is 1. The molecule has 0 bridgehead atoms. The van der Waals surface area contributed by atoms with Gasteiger partial charge in [-0.2, -0.15) is 0 Å². The molecule has 0 saturated heterocycles. The molecular weight excluding hydrogens is 350 g/mol. The number of benzene rings is 1. The first-order valence-electron chi connectivity index (χ1n) is 6.40. The highest BCUT2D eigenvalue weighted by atomic mass is 35.5. The zero-order valence-electron chi connectivity index (χ0n) is 11.6. The molecule has 0 spiro atoms. The van der Waals surface area contributed by atoms with Gasteiger partial charge in [0.05, 0.1) is 11.4 Å². The zero-order valence-corrected chi connectivity index (χ0v) is 13.1. The lowest BCUT2D eigenvalue weighted by molar-refractivity contribution is 0.534. The summed E-state index contributed by atoms with van der Waals surface area (Å²) < 4.78 is 42.5. The molecule has 3 rings (SSSR count). The number of hydrogen-bond acceptors (Lipinski definition) is 2. The number of rotatable bonds is 2. The van der Waals surface area contributed by atoms with Crippen molar-refractivity contribution in [2.75, 3.05) is 0 Å². The van der Waals surface area contributed by atoms with E-state index >= 15 is 0 Å². The van der Waals surface area contributed by atoms with Crippen LogP contribution in [0.5, 0.6) is 0 Å². The Labute approximate surface area is 139 Å². The van der Waals surface area contributed by atoms with Gasteiger partial charge in [-0.3, -0.25) is 4.57 Å². The fourth-order valence-corrected chi connectivity index (χ4v) is 2.71. The van der Waals surface area contributed by atoms with Gasteiger partial charge in [0.15, 0.2) is 11.6 Å². The van der Waals surface area contributed by atoms with Gasteiger partial charge in [-0.05, 0) is 30.7 Å². The lowest BCUT2D eigenvalue weighted by Gasteiger charge is -2.12. The molecule has 1 aromatic carbocycles. The van der Waals surface area contributed by atoms with E-state index in [2.05, 4.69) is 9.97 Å². The molecule has 0 atom stereocenters. The molecule has 0 aliphatic carbocycles. The Morgan fingerprint density at radius 1 is 1.04 bits per heavy atom. The monoisotopic (exact) mass is 357 g/mol. The van der Waals surface area contributed by atoms with Crippen molar-refractivity contribution in [3.8, 4) is 16.9 Å². The third-order valence-electron chi connectivity index (χ3n) is 3.22.